The second kappa shape index (κ2) is 12.6. The zero-order valence-electron chi connectivity index (χ0n) is 19.3. The predicted molar refractivity (Wildman–Crippen MR) is 138 cm³/mol. The van der Waals surface area contributed by atoms with Gasteiger partial charge >= 0.3 is 0 Å². The number of nitrogens with two attached hydrogens (primary N) is 1. The molecule has 0 aliphatic heterocycles. The minimum absolute atomic E-state index is 0.0489. The molecule has 0 fully saturated rings. The predicted octanol–water partition coefficient (Wildman–Crippen LogP) is 3.76. The zero-order chi connectivity index (χ0) is 25.0. The minimum Gasteiger partial charge on any atom is -0.384 e. The Bertz CT molecular complexity index is 1190. The molecule has 0 aliphatic rings. The number of aromatic nitrogens is 1. The van der Waals surface area contributed by atoms with Gasteiger partial charge in [0.05, 0.1) is 5.56 Å². The van der Waals surface area contributed by atoms with E-state index in [1.54, 1.807) is 48.7 Å². The van der Waals surface area contributed by atoms with Crippen LogP contribution < -0.4 is 16.4 Å². The Morgan fingerprint density at radius 2 is 1.66 bits per heavy atom. The van der Waals surface area contributed by atoms with Gasteiger partial charge in [0.1, 0.15) is 5.84 Å². The van der Waals surface area contributed by atoms with E-state index in [4.69, 9.17) is 11.1 Å². The van der Waals surface area contributed by atoms with Crippen LogP contribution in [-0.2, 0) is 6.54 Å². The third-order valence-corrected chi connectivity index (χ3v) is 5.16. The lowest BCUT2D eigenvalue weighted by molar-refractivity contribution is 0.0934. The van der Waals surface area contributed by atoms with E-state index in [1.807, 2.05) is 30.3 Å². The third-order valence-electron chi connectivity index (χ3n) is 5.16. The fourth-order valence-corrected chi connectivity index (χ4v) is 3.24. The molecule has 0 aliphatic carbocycles. The van der Waals surface area contributed by atoms with Gasteiger partial charge in [-0.1, -0.05) is 48.5 Å². The Morgan fingerprint density at radius 3 is 2.29 bits per heavy atom. The van der Waals surface area contributed by atoms with Gasteiger partial charge in [0.2, 0.25) is 0 Å². The standard InChI is InChI=1S/C27H28N6O2/c1-2-6-23(33-27(35)21-11-9-20(10-12-21)25(28)29)15-16-30-24-14-13-22(18-31-24)26(34)32-17-19-7-4-3-5-8-19/h2-5,7-14,16,18,23H,1,6,15,17H2,(H3,28,29)(H,32,34)(H,33,35). The summed E-state index contributed by atoms with van der Waals surface area (Å²) in [5, 5.41) is 13.3. The number of nitrogen functional groups attached to an aromatic ring is 1. The third kappa shape index (κ3) is 7.75. The van der Waals surface area contributed by atoms with Crippen molar-refractivity contribution in [1.29, 1.82) is 5.41 Å². The summed E-state index contributed by atoms with van der Waals surface area (Å²) in [7, 11) is 0. The van der Waals surface area contributed by atoms with Crippen LogP contribution in [0.4, 0.5) is 5.82 Å². The summed E-state index contributed by atoms with van der Waals surface area (Å²) in [6.45, 7) is 4.20. The Kier molecular flexibility index (Phi) is 9.01. The van der Waals surface area contributed by atoms with Crippen LogP contribution in [0.5, 0.6) is 0 Å². The number of carbonyl (C=O) groups is 2. The summed E-state index contributed by atoms with van der Waals surface area (Å²) in [5.74, 6) is -0.0217. The Morgan fingerprint density at radius 1 is 0.971 bits per heavy atom. The van der Waals surface area contributed by atoms with Crippen molar-refractivity contribution in [2.75, 3.05) is 0 Å². The number of amidine groups is 1. The molecule has 3 aromatic rings. The molecule has 1 atom stereocenters. The van der Waals surface area contributed by atoms with Crippen molar-refractivity contribution in [3.05, 3.63) is 108 Å². The first-order valence-electron chi connectivity index (χ1n) is 11.1. The van der Waals surface area contributed by atoms with E-state index in [2.05, 4.69) is 27.2 Å². The molecule has 0 spiro atoms. The first-order valence-corrected chi connectivity index (χ1v) is 11.1. The fourth-order valence-electron chi connectivity index (χ4n) is 3.24. The summed E-state index contributed by atoms with van der Waals surface area (Å²) >= 11 is 0. The number of pyridine rings is 1. The molecule has 0 bridgehead atoms. The molecule has 8 nitrogen and oxygen atoms in total. The molecule has 0 saturated heterocycles. The van der Waals surface area contributed by atoms with Gasteiger partial charge in [0, 0.05) is 42.5 Å². The molecule has 2 aromatic carbocycles. The van der Waals surface area contributed by atoms with Gasteiger partial charge in [-0.3, -0.25) is 15.0 Å². The largest absolute Gasteiger partial charge is 0.384 e. The second-order valence-electron chi connectivity index (χ2n) is 7.81. The molecule has 2 amide bonds. The van der Waals surface area contributed by atoms with Gasteiger partial charge in [-0.05, 0) is 36.2 Å². The molecule has 1 aromatic heterocycles. The van der Waals surface area contributed by atoms with E-state index in [0.717, 1.165) is 5.56 Å². The van der Waals surface area contributed by atoms with E-state index in [1.165, 1.54) is 6.20 Å². The average molecular weight is 469 g/mol. The maximum absolute atomic E-state index is 12.6. The van der Waals surface area contributed by atoms with Crippen LogP contribution in [0.15, 0.2) is 90.6 Å². The number of amides is 2. The second-order valence-corrected chi connectivity index (χ2v) is 7.81. The van der Waals surface area contributed by atoms with Crippen molar-refractivity contribution < 1.29 is 9.59 Å². The van der Waals surface area contributed by atoms with Gasteiger partial charge in [-0.25, -0.2) is 9.98 Å². The van der Waals surface area contributed by atoms with Crippen LogP contribution >= 0.6 is 0 Å². The van der Waals surface area contributed by atoms with E-state index in [9.17, 15) is 9.59 Å². The summed E-state index contributed by atoms with van der Waals surface area (Å²) in [6.07, 6.45) is 5.95. The highest BCUT2D eigenvalue weighted by molar-refractivity contribution is 5.98. The summed E-state index contributed by atoms with van der Waals surface area (Å²) in [6, 6.07) is 19.4. The van der Waals surface area contributed by atoms with E-state index < -0.39 is 0 Å². The molecule has 178 valence electrons. The first-order chi connectivity index (χ1) is 17.0. The lowest BCUT2D eigenvalue weighted by Crippen LogP contribution is -2.34. The number of nitrogens with one attached hydrogen (secondary N) is 3. The average Bonchev–Trinajstić information content (AvgIpc) is 2.88. The number of benzene rings is 2. The number of aliphatic imine (C=N–C) groups is 1. The molecule has 0 saturated carbocycles. The van der Waals surface area contributed by atoms with Crippen LogP contribution in [0.25, 0.3) is 0 Å². The van der Waals surface area contributed by atoms with Crippen LogP contribution in [-0.4, -0.2) is 34.9 Å². The maximum atomic E-state index is 12.6. The number of nitrogens with zero attached hydrogens (tertiary/aromatic N) is 2. The zero-order valence-corrected chi connectivity index (χ0v) is 19.3. The van der Waals surface area contributed by atoms with Gasteiger partial charge < -0.3 is 16.4 Å². The monoisotopic (exact) mass is 468 g/mol. The smallest absolute Gasteiger partial charge is 0.253 e. The first kappa shape index (κ1) is 25.0. The molecule has 1 heterocycles. The van der Waals surface area contributed by atoms with Crippen molar-refractivity contribution in [2.24, 2.45) is 10.7 Å². The highest BCUT2D eigenvalue weighted by Crippen LogP contribution is 2.10. The number of rotatable bonds is 11. The molecule has 35 heavy (non-hydrogen) atoms. The maximum Gasteiger partial charge on any atom is 0.253 e. The van der Waals surface area contributed by atoms with Crippen molar-refractivity contribution >= 4 is 29.7 Å². The van der Waals surface area contributed by atoms with Gasteiger partial charge in [-0.15, -0.1) is 6.58 Å². The van der Waals surface area contributed by atoms with Crippen LogP contribution in [0, 0.1) is 5.41 Å². The molecular weight excluding hydrogens is 440 g/mol. The Labute approximate surface area is 204 Å². The van der Waals surface area contributed by atoms with Crippen molar-refractivity contribution in [3.8, 4) is 0 Å². The van der Waals surface area contributed by atoms with E-state index in [0.29, 0.717) is 41.9 Å². The number of hydrogen-bond acceptors (Lipinski definition) is 5. The molecule has 5 N–H and O–H groups in total. The summed E-state index contributed by atoms with van der Waals surface area (Å²) < 4.78 is 0. The minimum atomic E-state index is -0.232. The van der Waals surface area contributed by atoms with E-state index in [-0.39, 0.29) is 23.7 Å². The molecule has 0 radical (unpaired) electrons. The molecule has 1 unspecified atom stereocenters. The molecular formula is C27H28N6O2. The van der Waals surface area contributed by atoms with Crippen LogP contribution in [0.3, 0.4) is 0 Å². The van der Waals surface area contributed by atoms with Crippen molar-refractivity contribution in [1.82, 2.24) is 15.6 Å². The molecule has 8 heteroatoms. The van der Waals surface area contributed by atoms with Gasteiger partial charge in [0.15, 0.2) is 5.82 Å². The highest BCUT2D eigenvalue weighted by Gasteiger charge is 2.12. The lowest BCUT2D eigenvalue weighted by atomic mass is 10.1. The highest BCUT2D eigenvalue weighted by atomic mass is 16.2. The molecule has 3 rings (SSSR count). The normalized spacial score (nSPS) is 11.5. The Balaban J connectivity index is 1.52. The summed E-state index contributed by atoms with van der Waals surface area (Å²) in [5.41, 5.74) is 7.96. The topological polar surface area (TPSA) is 133 Å². The Hall–Kier alpha value is -4.59. The summed E-state index contributed by atoms with van der Waals surface area (Å²) in [4.78, 5) is 33.5. The fraction of sp³-hybridized carbons (Fsp3) is 0.148. The SMILES string of the molecule is C=CCC(CC=Nc1ccc(C(=O)NCc2ccccc2)cn1)NC(=O)c1ccc(C(=N)N)cc1. The quantitative estimate of drug-likeness (QED) is 0.194. The number of carbonyl (C=O) groups excluding carboxylic acids is 2. The van der Waals surface area contributed by atoms with Crippen molar-refractivity contribution in [3.63, 3.8) is 0 Å². The van der Waals surface area contributed by atoms with Crippen molar-refractivity contribution in [2.45, 2.75) is 25.4 Å². The van der Waals surface area contributed by atoms with Crippen LogP contribution in [0.2, 0.25) is 0 Å². The van der Waals surface area contributed by atoms with Crippen LogP contribution in [0.1, 0.15) is 44.7 Å². The van der Waals surface area contributed by atoms with Gasteiger partial charge in [-0.2, -0.15) is 0 Å². The van der Waals surface area contributed by atoms with Gasteiger partial charge in [0.25, 0.3) is 11.8 Å². The number of hydrogen-bond donors (Lipinski definition) is 4. The lowest BCUT2D eigenvalue weighted by Gasteiger charge is -2.15. The van der Waals surface area contributed by atoms with E-state index >= 15 is 0 Å².